The highest BCUT2D eigenvalue weighted by molar-refractivity contribution is 6.27. The lowest BCUT2D eigenvalue weighted by Crippen LogP contribution is -2.58. The SMILES string of the molecule is CCC(C)C(NC(=O)CCl)C(=O)N1CCN(C(=O)C2CCCCC2)CC1. The van der Waals surface area contributed by atoms with E-state index in [2.05, 4.69) is 5.32 Å². The largest absolute Gasteiger partial charge is 0.343 e. The van der Waals surface area contributed by atoms with Crippen LogP contribution in [0.1, 0.15) is 52.4 Å². The van der Waals surface area contributed by atoms with Gasteiger partial charge in [-0.1, -0.05) is 39.5 Å². The molecule has 7 heteroatoms. The molecule has 148 valence electrons. The molecule has 2 atom stereocenters. The van der Waals surface area contributed by atoms with Gasteiger partial charge in [-0.25, -0.2) is 0 Å². The fourth-order valence-corrected chi connectivity index (χ4v) is 3.92. The van der Waals surface area contributed by atoms with Gasteiger partial charge in [0.15, 0.2) is 0 Å². The number of piperazine rings is 1. The molecule has 1 heterocycles. The lowest BCUT2D eigenvalue weighted by Gasteiger charge is -2.39. The van der Waals surface area contributed by atoms with Crippen molar-refractivity contribution in [2.24, 2.45) is 11.8 Å². The van der Waals surface area contributed by atoms with E-state index in [4.69, 9.17) is 11.6 Å². The third kappa shape index (κ3) is 5.35. The van der Waals surface area contributed by atoms with E-state index in [1.165, 1.54) is 6.42 Å². The zero-order valence-electron chi connectivity index (χ0n) is 16.0. The van der Waals surface area contributed by atoms with Gasteiger partial charge in [0, 0.05) is 32.1 Å². The van der Waals surface area contributed by atoms with Crippen LogP contribution in [0.15, 0.2) is 0 Å². The molecule has 0 aromatic rings. The molecule has 2 fully saturated rings. The number of hydrogen-bond donors (Lipinski definition) is 1. The predicted octanol–water partition coefficient (Wildman–Crippen LogP) is 2.01. The maximum absolute atomic E-state index is 12.9. The summed E-state index contributed by atoms with van der Waals surface area (Å²) in [6, 6.07) is -0.549. The smallest absolute Gasteiger partial charge is 0.245 e. The number of amides is 3. The normalized spacial score (nSPS) is 21.2. The second-order valence-corrected chi connectivity index (χ2v) is 7.82. The highest BCUT2D eigenvalue weighted by Crippen LogP contribution is 2.26. The molecule has 2 aliphatic rings. The van der Waals surface area contributed by atoms with E-state index < -0.39 is 6.04 Å². The highest BCUT2D eigenvalue weighted by Gasteiger charge is 2.34. The number of carbonyl (C=O) groups is 3. The van der Waals surface area contributed by atoms with Crippen LogP contribution in [0.5, 0.6) is 0 Å². The summed E-state index contributed by atoms with van der Waals surface area (Å²) in [5.41, 5.74) is 0. The molecule has 0 radical (unpaired) electrons. The van der Waals surface area contributed by atoms with E-state index >= 15 is 0 Å². The summed E-state index contributed by atoms with van der Waals surface area (Å²) in [4.78, 5) is 40.9. The van der Waals surface area contributed by atoms with Gasteiger partial charge < -0.3 is 15.1 Å². The van der Waals surface area contributed by atoms with E-state index in [1.807, 2.05) is 18.7 Å². The van der Waals surface area contributed by atoms with Gasteiger partial charge in [-0.3, -0.25) is 14.4 Å². The van der Waals surface area contributed by atoms with Gasteiger partial charge in [0.1, 0.15) is 11.9 Å². The number of alkyl halides is 1. The first kappa shape index (κ1) is 21.0. The maximum atomic E-state index is 12.9. The molecule has 0 aromatic carbocycles. The van der Waals surface area contributed by atoms with Crippen molar-refractivity contribution in [3.05, 3.63) is 0 Å². The van der Waals surface area contributed by atoms with Crippen LogP contribution in [-0.2, 0) is 14.4 Å². The van der Waals surface area contributed by atoms with Crippen molar-refractivity contribution < 1.29 is 14.4 Å². The topological polar surface area (TPSA) is 69.7 Å². The predicted molar refractivity (Wildman–Crippen MR) is 102 cm³/mol. The average Bonchev–Trinajstić information content (AvgIpc) is 2.70. The molecule has 0 bridgehead atoms. The van der Waals surface area contributed by atoms with Gasteiger partial charge in [-0.05, 0) is 18.8 Å². The van der Waals surface area contributed by atoms with Gasteiger partial charge in [0.25, 0.3) is 0 Å². The first-order chi connectivity index (χ1) is 12.5. The Morgan fingerprint density at radius 1 is 1.04 bits per heavy atom. The Hall–Kier alpha value is -1.30. The number of nitrogens with zero attached hydrogens (tertiary/aromatic N) is 2. The van der Waals surface area contributed by atoms with E-state index in [9.17, 15) is 14.4 Å². The van der Waals surface area contributed by atoms with Crippen molar-refractivity contribution in [3.8, 4) is 0 Å². The van der Waals surface area contributed by atoms with Gasteiger partial charge in [-0.15, -0.1) is 11.6 Å². The van der Waals surface area contributed by atoms with Crippen molar-refractivity contribution in [1.82, 2.24) is 15.1 Å². The molecular formula is C19H32ClN3O3. The third-order valence-electron chi connectivity index (χ3n) is 5.77. The van der Waals surface area contributed by atoms with E-state index in [0.717, 1.165) is 32.1 Å². The van der Waals surface area contributed by atoms with Crippen molar-refractivity contribution in [3.63, 3.8) is 0 Å². The minimum atomic E-state index is -0.549. The fraction of sp³-hybridized carbons (Fsp3) is 0.842. The summed E-state index contributed by atoms with van der Waals surface area (Å²) in [5, 5.41) is 2.76. The van der Waals surface area contributed by atoms with Crippen molar-refractivity contribution in [1.29, 1.82) is 0 Å². The van der Waals surface area contributed by atoms with Crippen LogP contribution in [0.25, 0.3) is 0 Å². The van der Waals surface area contributed by atoms with Gasteiger partial charge in [0.05, 0.1) is 0 Å². The Labute approximate surface area is 161 Å². The Balaban J connectivity index is 1.90. The summed E-state index contributed by atoms with van der Waals surface area (Å²) in [5.74, 6) is -0.0765. The second-order valence-electron chi connectivity index (χ2n) is 7.55. The molecule has 1 aliphatic carbocycles. The first-order valence-corrected chi connectivity index (χ1v) is 10.4. The molecule has 1 aliphatic heterocycles. The highest BCUT2D eigenvalue weighted by atomic mass is 35.5. The molecule has 26 heavy (non-hydrogen) atoms. The lowest BCUT2D eigenvalue weighted by atomic mass is 9.88. The van der Waals surface area contributed by atoms with Crippen molar-refractivity contribution >= 4 is 29.3 Å². The number of carbonyl (C=O) groups excluding carboxylic acids is 3. The van der Waals surface area contributed by atoms with Crippen LogP contribution in [0.3, 0.4) is 0 Å². The molecule has 0 aromatic heterocycles. The first-order valence-electron chi connectivity index (χ1n) is 9.90. The molecule has 1 saturated carbocycles. The summed E-state index contributed by atoms with van der Waals surface area (Å²) >= 11 is 5.58. The monoisotopic (exact) mass is 385 g/mol. The van der Waals surface area contributed by atoms with Crippen molar-refractivity contribution in [2.75, 3.05) is 32.1 Å². The summed E-state index contributed by atoms with van der Waals surface area (Å²) in [7, 11) is 0. The number of nitrogens with one attached hydrogen (secondary N) is 1. The minimum Gasteiger partial charge on any atom is -0.343 e. The molecule has 0 spiro atoms. The van der Waals surface area contributed by atoms with E-state index in [-0.39, 0.29) is 35.4 Å². The molecule has 2 unspecified atom stereocenters. The lowest BCUT2D eigenvalue weighted by molar-refractivity contribution is -0.145. The van der Waals surface area contributed by atoms with Crippen LogP contribution >= 0.6 is 11.6 Å². The maximum Gasteiger partial charge on any atom is 0.245 e. The van der Waals surface area contributed by atoms with E-state index in [1.54, 1.807) is 4.90 Å². The van der Waals surface area contributed by atoms with Gasteiger partial charge in [0.2, 0.25) is 17.7 Å². The minimum absolute atomic E-state index is 0.0385. The van der Waals surface area contributed by atoms with Crippen LogP contribution in [-0.4, -0.2) is 65.6 Å². The Bertz CT molecular complexity index is 500. The Kier molecular flexibility index (Phi) is 8.19. The van der Waals surface area contributed by atoms with Crippen LogP contribution in [0, 0.1) is 11.8 Å². The standard InChI is InChI=1S/C19H32ClN3O3/c1-3-14(2)17(21-16(24)13-20)19(26)23-11-9-22(10-12-23)18(25)15-7-5-4-6-8-15/h14-15,17H,3-13H2,1-2H3,(H,21,24). The second kappa shape index (κ2) is 10.1. The summed E-state index contributed by atoms with van der Waals surface area (Å²) < 4.78 is 0. The fourth-order valence-electron chi connectivity index (χ4n) is 3.85. The molecule has 2 rings (SSSR count). The van der Waals surface area contributed by atoms with Crippen LogP contribution in [0.2, 0.25) is 0 Å². The zero-order chi connectivity index (χ0) is 19.1. The molecule has 1 N–H and O–H groups in total. The van der Waals surface area contributed by atoms with Crippen molar-refractivity contribution in [2.45, 2.75) is 58.4 Å². The quantitative estimate of drug-likeness (QED) is 0.711. The van der Waals surface area contributed by atoms with Gasteiger partial charge in [-0.2, -0.15) is 0 Å². The molecule has 1 saturated heterocycles. The van der Waals surface area contributed by atoms with E-state index in [0.29, 0.717) is 26.2 Å². The Morgan fingerprint density at radius 2 is 1.62 bits per heavy atom. The summed E-state index contributed by atoms with van der Waals surface area (Å²) in [6.07, 6.45) is 6.31. The average molecular weight is 386 g/mol. The number of hydrogen-bond acceptors (Lipinski definition) is 3. The molecular weight excluding hydrogens is 354 g/mol. The number of halogens is 1. The van der Waals surface area contributed by atoms with Gasteiger partial charge >= 0.3 is 0 Å². The number of rotatable bonds is 6. The Morgan fingerprint density at radius 3 is 2.15 bits per heavy atom. The van der Waals surface area contributed by atoms with Crippen LogP contribution in [0.4, 0.5) is 0 Å². The molecule has 6 nitrogen and oxygen atoms in total. The third-order valence-corrected chi connectivity index (χ3v) is 6.02. The molecule has 3 amide bonds. The van der Waals surface area contributed by atoms with Crippen LogP contribution < -0.4 is 5.32 Å². The zero-order valence-corrected chi connectivity index (χ0v) is 16.8. The summed E-state index contributed by atoms with van der Waals surface area (Å²) in [6.45, 7) is 6.18.